The quantitative estimate of drug-likeness (QED) is 0.684. The van der Waals surface area contributed by atoms with Crippen molar-refractivity contribution in [2.24, 2.45) is 5.92 Å². The molecule has 1 saturated heterocycles. The van der Waals surface area contributed by atoms with Crippen LogP contribution in [-0.4, -0.2) is 44.9 Å². The second-order valence-electron chi connectivity index (χ2n) is 10.5. The first kappa shape index (κ1) is 23.8. The van der Waals surface area contributed by atoms with Crippen LogP contribution in [0, 0.1) is 5.92 Å². The minimum Gasteiger partial charge on any atom is -0.352 e. The molecule has 0 unspecified atom stereocenters. The lowest BCUT2D eigenvalue weighted by atomic mass is 9.96. The van der Waals surface area contributed by atoms with Crippen molar-refractivity contribution in [1.29, 1.82) is 0 Å². The van der Waals surface area contributed by atoms with Crippen LogP contribution in [0.2, 0.25) is 0 Å². The summed E-state index contributed by atoms with van der Waals surface area (Å²) in [6, 6.07) is 6.08. The Hall–Kier alpha value is -2.96. The van der Waals surface area contributed by atoms with E-state index in [0.29, 0.717) is 18.9 Å². The zero-order chi connectivity index (χ0) is 24.2. The van der Waals surface area contributed by atoms with Crippen molar-refractivity contribution in [3.05, 3.63) is 63.8 Å². The van der Waals surface area contributed by atoms with Gasteiger partial charge in [-0.25, -0.2) is 0 Å². The van der Waals surface area contributed by atoms with Gasteiger partial charge in [0.25, 0.3) is 11.8 Å². The molecular weight excluding hydrogens is 440 g/mol. The van der Waals surface area contributed by atoms with Crippen LogP contribution in [0.5, 0.6) is 0 Å². The van der Waals surface area contributed by atoms with E-state index in [4.69, 9.17) is 0 Å². The average Bonchev–Trinajstić information content (AvgIpc) is 3.49. The van der Waals surface area contributed by atoms with Gasteiger partial charge in [0.15, 0.2) is 0 Å². The number of carbonyl (C=O) groups is 2. The lowest BCUT2D eigenvalue weighted by Crippen LogP contribution is -2.42. The molecule has 0 radical (unpaired) electrons. The number of hydrogen-bond donors (Lipinski definition) is 1. The molecule has 3 heterocycles. The van der Waals surface area contributed by atoms with Crippen molar-refractivity contribution < 1.29 is 9.59 Å². The van der Waals surface area contributed by atoms with Crippen LogP contribution in [-0.2, 0) is 13.0 Å². The van der Waals surface area contributed by atoms with Gasteiger partial charge >= 0.3 is 0 Å². The highest BCUT2D eigenvalue weighted by atomic mass is 16.2. The zero-order valence-electron chi connectivity index (χ0n) is 20.5. The highest BCUT2D eigenvalue weighted by Gasteiger charge is 2.41. The Balaban J connectivity index is 1.41. The topological polar surface area (TPSA) is 84.3 Å². The van der Waals surface area contributed by atoms with Gasteiger partial charge in [0.05, 0.1) is 0 Å². The third-order valence-corrected chi connectivity index (χ3v) is 8.02. The van der Waals surface area contributed by atoms with E-state index in [2.05, 4.69) is 10.3 Å². The number of likely N-dealkylation sites (tertiary alicyclic amines) is 1. The fourth-order valence-corrected chi connectivity index (χ4v) is 6.06. The van der Waals surface area contributed by atoms with E-state index >= 15 is 0 Å². The van der Waals surface area contributed by atoms with Crippen LogP contribution in [0.15, 0.2) is 41.6 Å². The maximum absolute atomic E-state index is 13.5. The van der Waals surface area contributed by atoms with Crippen LogP contribution >= 0.6 is 0 Å². The van der Waals surface area contributed by atoms with E-state index < -0.39 is 5.43 Å². The van der Waals surface area contributed by atoms with E-state index in [0.717, 1.165) is 57.2 Å². The Morgan fingerprint density at radius 3 is 2.43 bits per heavy atom. The van der Waals surface area contributed by atoms with Gasteiger partial charge in [-0.2, -0.15) is 0 Å². The van der Waals surface area contributed by atoms with Crippen molar-refractivity contribution in [2.45, 2.75) is 89.3 Å². The van der Waals surface area contributed by atoms with Gasteiger partial charge in [-0.05, 0) is 50.2 Å². The maximum Gasteiger partial charge on any atom is 0.259 e. The van der Waals surface area contributed by atoms with Gasteiger partial charge in [-0.3, -0.25) is 19.4 Å². The van der Waals surface area contributed by atoms with Crippen molar-refractivity contribution in [2.75, 3.05) is 6.54 Å². The van der Waals surface area contributed by atoms with E-state index in [9.17, 15) is 14.4 Å². The molecule has 7 heteroatoms. The van der Waals surface area contributed by atoms with Gasteiger partial charge < -0.3 is 14.8 Å². The fraction of sp³-hybridized carbons (Fsp3) is 0.571. The second-order valence-corrected chi connectivity index (χ2v) is 10.5. The van der Waals surface area contributed by atoms with Crippen LogP contribution in [0.1, 0.15) is 90.6 Å². The number of aryl methyl sites for hydroxylation is 2. The zero-order valence-corrected chi connectivity index (χ0v) is 20.5. The molecule has 35 heavy (non-hydrogen) atoms. The maximum atomic E-state index is 13.5. The molecule has 2 aromatic heterocycles. The minimum atomic E-state index is -0.449. The molecule has 3 fully saturated rings. The molecule has 2 bridgehead atoms. The molecule has 1 aliphatic heterocycles. The monoisotopic (exact) mass is 476 g/mol. The van der Waals surface area contributed by atoms with Crippen LogP contribution in [0.25, 0.3) is 0 Å². The number of carbonyl (C=O) groups excluding carboxylic acids is 2. The fourth-order valence-electron chi connectivity index (χ4n) is 6.06. The van der Waals surface area contributed by atoms with Gasteiger partial charge in [-0.1, -0.05) is 38.2 Å². The molecule has 0 spiro atoms. The Morgan fingerprint density at radius 2 is 1.74 bits per heavy atom. The van der Waals surface area contributed by atoms with Gasteiger partial charge in [-0.15, -0.1) is 0 Å². The van der Waals surface area contributed by atoms with Crippen LogP contribution < -0.4 is 10.7 Å². The van der Waals surface area contributed by atoms with Crippen molar-refractivity contribution >= 4 is 11.8 Å². The molecule has 2 amide bonds. The Kier molecular flexibility index (Phi) is 7.30. The molecule has 186 valence electrons. The molecule has 2 saturated carbocycles. The number of fused-ring (bicyclic) bond motifs is 2. The third-order valence-electron chi connectivity index (χ3n) is 8.02. The number of amides is 2. The summed E-state index contributed by atoms with van der Waals surface area (Å²) < 4.78 is 1.82. The molecule has 5 rings (SSSR count). The summed E-state index contributed by atoms with van der Waals surface area (Å²) >= 11 is 0. The van der Waals surface area contributed by atoms with Crippen molar-refractivity contribution in [1.82, 2.24) is 19.8 Å². The summed E-state index contributed by atoms with van der Waals surface area (Å²) in [6.07, 6.45) is 16.6. The highest BCUT2D eigenvalue weighted by molar-refractivity contribution is 5.99. The SMILES string of the molecule is O=C(NC1CCCCCCC1)c1cn(CCc2ccccn2)cc(C(=O)N2C[C@@H]3CC[C@@H]2C3)c1=O. The molecule has 1 N–H and O–H groups in total. The predicted molar refractivity (Wildman–Crippen MR) is 134 cm³/mol. The van der Waals surface area contributed by atoms with Gasteiger partial charge in [0.1, 0.15) is 11.1 Å². The molecule has 7 nitrogen and oxygen atoms in total. The van der Waals surface area contributed by atoms with E-state index in [1.807, 2.05) is 27.7 Å². The second kappa shape index (κ2) is 10.8. The Labute approximate surface area is 206 Å². The van der Waals surface area contributed by atoms with Crippen molar-refractivity contribution in [3.63, 3.8) is 0 Å². The number of hydrogen-bond acceptors (Lipinski definition) is 4. The third kappa shape index (κ3) is 5.49. The lowest BCUT2D eigenvalue weighted by molar-refractivity contribution is 0.0701. The first-order chi connectivity index (χ1) is 17.1. The normalized spacial score (nSPS) is 22.6. The number of nitrogens with zero attached hydrogens (tertiary/aromatic N) is 3. The smallest absolute Gasteiger partial charge is 0.259 e. The standard InChI is InChI=1S/C28H36N4O3/c33-26-24(27(34)30-22-9-4-2-1-3-5-10-22)18-31(15-13-21-8-6-7-14-29-21)19-25(26)28(35)32-17-20-11-12-23(32)16-20/h6-8,14,18-20,22-23H,1-5,9-13,15-17H2,(H,30,34)/t20-,23-/m1/s1. The van der Waals surface area contributed by atoms with Crippen molar-refractivity contribution in [3.8, 4) is 0 Å². The summed E-state index contributed by atoms with van der Waals surface area (Å²) in [5.41, 5.74) is 0.666. The summed E-state index contributed by atoms with van der Waals surface area (Å²) in [4.78, 5) is 46.5. The Bertz CT molecular complexity index is 1100. The summed E-state index contributed by atoms with van der Waals surface area (Å²) in [5, 5.41) is 3.12. The van der Waals surface area contributed by atoms with E-state index in [-0.39, 0.29) is 35.0 Å². The van der Waals surface area contributed by atoms with E-state index in [1.165, 1.54) is 19.3 Å². The summed E-state index contributed by atoms with van der Waals surface area (Å²) in [6.45, 7) is 1.25. The number of pyridine rings is 2. The molecule has 0 aromatic carbocycles. The molecule has 2 atom stereocenters. The van der Waals surface area contributed by atoms with Gasteiger partial charge in [0, 0.05) is 55.9 Å². The molecule has 3 aliphatic rings. The largest absolute Gasteiger partial charge is 0.352 e. The average molecular weight is 477 g/mol. The number of aromatic nitrogens is 2. The van der Waals surface area contributed by atoms with Gasteiger partial charge in [0.2, 0.25) is 5.43 Å². The number of piperidine rings is 1. The summed E-state index contributed by atoms with van der Waals surface area (Å²) in [7, 11) is 0. The number of rotatable bonds is 6. The minimum absolute atomic E-state index is 0.0725. The van der Waals surface area contributed by atoms with Crippen LogP contribution in [0.4, 0.5) is 0 Å². The molecule has 2 aliphatic carbocycles. The van der Waals surface area contributed by atoms with E-state index in [1.54, 1.807) is 18.6 Å². The number of nitrogens with one attached hydrogen (secondary N) is 1. The first-order valence-electron chi connectivity index (χ1n) is 13.3. The predicted octanol–water partition coefficient (Wildman–Crippen LogP) is 3.95. The highest BCUT2D eigenvalue weighted by Crippen LogP contribution is 2.37. The Morgan fingerprint density at radius 1 is 0.971 bits per heavy atom. The summed E-state index contributed by atoms with van der Waals surface area (Å²) in [5.74, 6) is -0.0414. The molecular formula is C28H36N4O3. The molecule has 2 aromatic rings. The van der Waals surface area contributed by atoms with Crippen LogP contribution in [0.3, 0.4) is 0 Å². The lowest BCUT2D eigenvalue weighted by Gasteiger charge is -2.27. The first-order valence-corrected chi connectivity index (χ1v) is 13.3.